The quantitative estimate of drug-likeness (QED) is 0.815. The Morgan fingerprint density at radius 2 is 2.05 bits per heavy atom. The lowest BCUT2D eigenvalue weighted by molar-refractivity contribution is -0.152. The molecule has 1 saturated carbocycles. The summed E-state index contributed by atoms with van der Waals surface area (Å²) in [5.74, 6) is -0.967. The molecule has 5 nitrogen and oxygen atoms in total. The van der Waals surface area contributed by atoms with Gasteiger partial charge in [0.15, 0.2) is 0 Å². The van der Waals surface area contributed by atoms with E-state index in [9.17, 15) is 14.7 Å². The van der Waals surface area contributed by atoms with Crippen molar-refractivity contribution < 1.29 is 19.4 Å². The van der Waals surface area contributed by atoms with E-state index in [-0.39, 0.29) is 17.9 Å². The van der Waals surface area contributed by atoms with Crippen molar-refractivity contribution in [3.63, 3.8) is 0 Å². The first-order valence-corrected chi connectivity index (χ1v) is 7.15. The Hall–Kier alpha value is -1.10. The Morgan fingerprint density at radius 3 is 2.68 bits per heavy atom. The zero-order valence-electron chi connectivity index (χ0n) is 11.5. The highest BCUT2D eigenvalue weighted by molar-refractivity contribution is 5.81. The second-order valence-electron chi connectivity index (χ2n) is 5.94. The smallest absolute Gasteiger partial charge is 0.311 e. The molecule has 2 rings (SSSR count). The number of carboxylic acids is 1. The molecule has 0 spiro atoms. The average Bonchev–Trinajstić information content (AvgIpc) is 2.42. The van der Waals surface area contributed by atoms with Crippen molar-refractivity contribution >= 4 is 11.9 Å². The first kappa shape index (κ1) is 14.3. The molecule has 3 atom stereocenters. The first-order chi connectivity index (χ1) is 9.04. The van der Waals surface area contributed by atoms with Gasteiger partial charge >= 0.3 is 5.97 Å². The lowest BCUT2D eigenvalue weighted by Crippen LogP contribution is -2.54. The van der Waals surface area contributed by atoms with Gasteiger partial charge in [0.05, 0.1) is 17.9 Å². The van der Waals surface area contributed by atoms with Crippen LogP contribution in [0.25, 0.3) is 0 Å². The van der Waals surface area contributed by atoms with Crippen LogP contribution in [-0.4, -0.2) is 36.2 Å². The molecule has 0 radical (unpaired) electrons. The number of aliphatic carboxylic acids is 1. The number of hydrogen-bond donors (Lipinski definition) is 2. The minimum atomic E-state index is -0.830. The summed E-state index contributed by atoms with van der Waals surface area (Å²) in [5, 5.41) is 12.4. The summed E-state index contributed by atoms with van der Waals surface area (Å²) < 4.78 is 5.31. The van der Waals surface area contributed by atoms with Crippen LogP contribution >= 0.6 is 0 Å². The Labute approximate surface area is 113 Å². The maximum absolute atomic E-state index is 12.2. The molecule has 1 amide bonds. The molecule has 19 heavy (non-hydrogen) atoms. The summed E-state index contributed by atoms with van der Waals surface area (Å²) in [6, 6.07) is -0.256. The van der Waals surface area contributed by atoms with Crippen molar-refractivity contribution in [3.8, 4) is 0 Å². The number of carbonyl (C=O) groups is 2. The molecule has 0 aromatic heterocycles. The van der Waals surface area contributed by atoms with Crippen LogP contribution in [0.3, 0.4) is 0 Å². The van der Waals surface area contributed by atoms with Gasteiger partial charge in [0.25, 0.3) is 0 Å². The Morgan fingerprint density at radius 1 is 1.26 bits per heavy atom. The summed E-state index contributed by atoms with van der Waals surface area (Å²) in [4.78, 5) is 23.7. The predicted molar refractivity (Wildman–Crippen MR) is 69.7 cm³/mol. The molecule has 108 valence electrons. The Bertz CT molecular complexity index is 351. The van der Waals surface area contributed by atoms with Crippen LogP contribution in [0.5, 0.6) is 0 Å². The number of hydrogen-bond acceptors (Lipinski definition) is 3. The number of nitrogens with one attached hydrogen (secondary N) is 1. The molecule has 3 unspecified atom stereocenters. The van der Waals surface area contributed by atoms with Gasteiger partial charge in [-0.25, -0.2) is 0 Å². The van der Waals surface area contributed by atoms with Gasteiger partial charge in [0, 0.05) is 12.6 Å². The third kappa shape index (κ3) is 3.08. The van der Waals surface area contributed by atoms with E-state index in [1.54, 1.807) is 6.92 Å². The predicted octanol–water partition coefficient (Wildman–Crippen LogP) is 1.56. The third-order valence-electron chi connectivity index (χ3n) is 4.54. The van der Waals surface area contributed by atoms with E-state index in [0.29, 0.717) is 13.0 Å². The molecule has 2 N–H and O–H groups in total. The lowest BCUT2D eigenvalue weighted by Gasteiger charge is -2.39. The minimum absolute atomic E-state index is 0.0425. The minimum Gasteiger partial charge on any atom is -0.481 e. The average molecular weight is 269 g/mol. The topological polar surface area (TPSA) is 75.6 Å². The molecule has 1 saturated heterocycles. The summed E-state index contributed by atoms with van der Waals surface area (Å²) in [6.45, 7) is 2.93. The standard InChI is InChI=1S/C14H23NO4/c1-14(13(17)18)7-3-2-6-11(14)15-12(16)10-5-4-8-19-9-10/h10-11H,2-9H2,1H3,(H,15,16)(H,17,18). The second kappa shape index (κ2) is 5.90. The van der Waals surface area contributed by atoms with Crippen molar-refractivity contribution in [1.82, 2.24) is 5.32 Å². The summed E-state index contributed by atoms with van der Waals surface area (Å²) >= 11 is 0. The third-order valence-corrected chi connectivity index (χ3v) is 4.54. The monoisotopic (exact) mass is 269 g/mol. The van der Waals surface area contributed by atoms with E-state index in [1.807, 2.05) is 0 Å². The van der Waals surface area contributed by atoms with E-state index < -0.39 is 11.4 Å². The molecular formula is C14H23NO4. The van der Waals surface area contributed by atoms with Gasteiger partial charge in [0.1, 0.15) is 0 Å². The van der Waals surface area contributed by atoms with Crippen LogP contribution in [0.1, 0.15) is 45.4 Å². The molecule has 0 aromatic carbocycles. The van der Waals surface area contributed by atoms with E-state index in [4.69, 9.17) is 4.74 Å². The number of carboxylic acid groups (broad SMARTS) is 1. The van der Waals surface area contributed by atoms with Gasteiger partial charge in [-0.3, -0.25) is 9.59 Å². The molecule has 2 aliphatic rings. The maximum atomic E-state index is 12.2. The summed E-state index contributed by atoms with van der Waals surface area (Å²) in [6.07, 6.45) is 5.02. The van der Waals surface area contributed by atoms with Crippen molar-refractivity contribution in [2.75, 3.05) is 13.2 Å². The lowest BCUT2D eigenvalue weighted by atomic mass is 9.71. The first-order valence-electron chi connectivity index (χ1n) is 7.15. The second-order valence-corrected chi connectivity index (χ2v) is 5.94. The van der Waals surface area contributed by atoms with Gasteiger partial charge in [-0.2, -0.15) is 0 Å². The van der Waals surface area contributed by atoms with Gasteiger partial charge < -0.3 is 15.2 Å². The van der Waals surface area contributed by atoms with E-state index in [0.717, 1.165) is 38.7 Å². The van der Waals surface area contributed by atoms with Crippen molar-refractivity contribution in [2.24, 2.45) is 11.3 Å². The van der Waals surface area contributed by atoms with Gasteiger partial charge in [0.2, 0.25) is 5.91 Å². The number of rotatable bonds is 3. The Balaban J connectivity index is 1.99. The highest BCUT2D eigenvalue weighted by Crippen LogP contribution is 2.36. The summed E-state index contributed by atoms with van der Waals surface area (Å²) in [7, 11) is 0. The Kier molecular flexibility index (Phi) is 4.45. The number of amides is 1. The fourth-order valence-corrected chi connectivity index (χ4v) is 3.06. The molecule has 0 bridgehead atoms. The van der Waals surface area contributed by atoms with Crippen LogP contribution < -0.4 is 5.32 Å². The highest BCUT2D eigenvalue weighted by Gasteiger charge is 2.44. The van der Waals surface area contributed by atoms with E-state index >= 15 is 0 Å². The van der Waals surface area contributed by atoms with Crippen LogP contribution in [0, 0.1) is 11.3 Å². The molecule has 2 fully saturated rings. The number of ether oxygens (including phenoxy) is 1. The van der Waals surface area contributed by atoms with E-state index in [1.165, 1.54) is 0 Å². The zero-order chi connectivity index (χ0) is 13.9. The molecular weight excluding hydrogens is 246 g/mol. The zero-order valence-corrected chi connectivity index (χ0v) is 11.5. The SMILES string of the molecule is CC1(C(=O)O)CCCCC1NC(=O)C1CCCOC1. The van der Waals surface area contributed by atoms with Crippen molar-refractivity contribution in [2.45, 2.75) is 51.5 Å². The molecule has 1 aliphatic heterocycles. The van der Waals surface area contributed by atoms with Crippen LogP contribution in [0.15, 0.2) is 0 Å². The maximum Gasteiger partial charge on any atom is 0.311 e. The van der Waals surface area contributed by atoms with Crippen molar-refractivity contribution in [3.05, 3.63) is 0 Å². The normalized spacial score (nSPS) is 35.6. The van der Waals surface area contributed by atoms with Crippen LogP contribution in [0.2, 0.25) is 0 Å². The largest absolute Gasteiger partial charge is 0.481 e. The fourth-order valence-electron chi connectivity index (χ4n) is 3.06. The fraction of sp³-hybridized carbons (Fsp3) is 0.857. The molecule has 1 aliphatic carbocycles. The van der Waals surface area contributed by atoms with Crippen molar-refractivity contribution in [1.29, 1.82) is 0 Å². The molecule has 0 aromatic rings. The summed E-state index contributed by atoms with van der Waals surface area (Å²) in [5.41, 5.74) is -0.830. The molecule has 1 heterocycles. The van der Waals surface area contributed by atoms with Crippen LogP contribution in [0.4, 0.5) is 0 Å². The van der Waals surface area contributed by atoms with Gasteiger partial charge in [-0.05, 0) is 32.6 Å². The molecule has 5 heteroatoms. The van der Waals surface area contributed by atoms with Gasteiger partial charge in [-0.1, -0.05) is 12.8 Å². The van der Waals surface area contributed by atoms with E-state index in [2.05, 4.69) is 5.32 Å². The highest BCUT2D eigenvalue weighted by atomic mass is 16.5. The van der Waals surface area contributed by atoms with Crippen LogP contribution in [-0.2, 0) is 14.3 Å². The van der Waals surface area contributed by atoms with Gasteiger partial charge in [-0.15, -0.1) is 0 Å². The number of carbonyl (C=O) groups excluding carboxylic acids is 1.